The summed E-state index contributed by atoms with van der Waals surface area (Å²) < 4.78 is 0. The molecule has 0 spiro atoms. The van der Waals surface area contributed by atoms with Crippen molar-refractivity contribution in [2.24, 2.45) is 11.8 Å². The quantitative estimate of drug-likeness (QED) is 0.803. The Labute approximate surface area is 113 Å². The molecule has 5 nitrogen and oxygen atoms in total. The van der Waals surface area contributed by atoms with Crippen LogP contribution in [0, 0.1) is 11.8 Å². The van der Waals surface area contributed by atoms with Crippen LogP contribution in [0.4, 0.5) is 0 Å². The summed E-state index contributed by atoms with van der Waals surface area (Å²) in [5.41, 5.74) is 0. The third kappa shape index (κ3) is 2.36. The van der Waals surface area contributed by atoms with E-state index in [1.165, 1.54) is 12.8 Å². The van der Waals surface area contributed by atoms with Crippen molar-refractivity contribution in [1.82, 2.24) is 9.80 Å². The summed E-state index contributed by atoms with van der Waals surface area (Å²) in [5, 5.41) is 9.20. The number of carbonyl (C=O) groups excluding carboxylic acids is 1. The Kier molecular flexibility index (Phi) is 3.48. The van der Waals surface area contributed by atoms with E-state index in [0.29, 0.717) is 12.5 Å². The summed E-state index contributed by atoms with van der Waals surface area (Å²) in [6, 6.07) is 0.516. The predicted molar refractivity (Wildman–Crippen MR) is 69.6 cm³/mol. The topological polar surface area (TPSA) is 60.9 Å². The maximum absolute atomic E-state index is 12.5. The Hall–Kier alpha value is -1.10. The number of piperazine rings is 1. The summed E-state index contributed by atoms with van der Waals surface area (Å²) in [7, 11) is 0. The number of nitrogens with zero attached hydrogens (tertiary/aromatic N) is 2. The van der Waals surface area contributed by atoms with Crippen molar-refractivity contribution in [1.29, 1.82) is 0 Å². The lowest BCUT2D eigenvalue weighted by Gasteiger charge is -2.39. The number of aliphatic carboxylic acids is 1. The van der Waals surface area contributed by atoms with E-state index in [2.05, 4.69) is 4.90 Å². The highest BCUT2D eigenvalue weighted by molar-refractivity contribution is 5.85. The first-order valence-corrected chi connectivity index (χ1v) is 7.42. The van der Waals surface area contributed by atoms with Crippen LogP contribution in [0.5, 0.6) is 0 Å². The number of carbonyl (C=O) groups is 2. The number of hydrogen-bond acceptors (Lipinski definition) is 3. The highest BCUT2D eigenvalue weighted by atomic mass is 16.4. The van der Waals surface area contributed by atoms with Crippen LogP contribution in [0.3, 0.4) is 0 Å². The predicted octanol–water partition coefficient (Wildman–Crippen LogP) is 0.794. The van der Waals surface area contributed by atoms with Crippen LogP contribution >= 0.6 is 0 Å². The van der Waals surface area contributed by atoms with Gasteiger partial charge >= 0.3 is 5.97 Å². The molecule has 3 aliphatic rings. The molecule has 0 radical (unpaired) electrons. The molecule has 5 heteroatoms. The van der Waals surface area contributed by atoms with E-state index in [9.17, 15) is 14.7 Å². The van der Waals surface area contributed by atoms with Gasteiger partial charge in [-0.25, -0.2) is 0 Å². The normalized spacial score (nSPS) is 35.4. The number of carboxylic acids is 1. The zero-order chi connectivity index (χ0) is 13.4. The van der Waals surface area contributed by atoms with Crippen LogP contribution < -0.4 is 0 Å². The second-order valence-corrected chi connectivity index (χ2v) is 6.10. The zero-order valence-corrected chi connectivity index (χ0v) is 11.3. The molecule has 19 heavy (non-hydrogen) atoms. The van der Waals surface area contributed by atoms with E-state index in [1.807, 2.05) is 4.90 Å². The lowest BCUT2D eigenvalue weighted by atomic mass is 9.94. The largest absolute Gasteiger partial charge is 0.481 e. The molecule has 0 bridgehead atoms. The Morgan fingerprint density at radius 1 is 0.947 bits per heavy atom. The zero-order valence-electron chi connectivity index (χ0n) is 11.3. The summed E-state index contributed by atoms with van der Waals surface area (Å²) in [6.07, 6.45) is 4.69. The monoisotopic (exact) mass is 266 g/mol. The molecule has 1 saturated carbocycles. The van der Waals surface area contributed by atoms with Gasteiger partial charge in [-0.1, -0.05) is 6.42 Å². The number of hydrogen-bond donors (Lipinski definition) is 1. The maximum Gasteiger partial charge on any atom is 0.307 e. The summed E-state index contributed by atoms with van der Waals surface area (Å²) in [5.74, 6) is -1.42. The minimum atomic E-state index is -0.796. The van der Waals surface area contributed by atoms with Gasteiger partial charge in [0, 0.05) is 25.7 Å². The molecule has 106 valence electrons. The maximum atomic E-state index is 12.5. The van der Waals surface area contributed by atoms with Gasteiger partial charge in [-0.05, 0) is 32.2 Å². The van der Waals surface area contributed by atoms with Gasteiger partial charge in [0.15, 0.2) is 0 Å². The molecule has 3 fully saturated rings. The molecule has 0 aromatic heterocycles. The molecule has 1 N–H and O–H groups in total. The summed E-state index contributed by atoms with van der Waals surface area (Å²) in [6.45, 7) is 3.70. The Balaban J connectivity index is 1.65. The second-order valence-electron chi connectivity index (χ2n) is 6.10. The Morgan fingerprint density at radius 3 is 2.53 bits per heavy atom. The molecule has 2 heterocycles. The SMILES string of the molecule is O=C(O)C1CCCC1C(=O)N1CCN2CCCC2C1. The minimum Gasteiger partial charge on any atom is -0.481 e. The standard InChI is InChI=1S/C14H22N2O3/c17-13(11-4-1-5-12(11)14(18)19)16-8-7-15-6-2-3-10(15)9-16/h10-12H,1-9H2,(H,18,19). The first-order valence-electron chi connectivity index (χ1n) is 7.42. The summed E-state index contributed by atoms with van der Waals surface area (Å²) in [4.78, 5) is 28.1. The third-order valence-corrected chi connectivity index (χ3v) is 5.05. The van der Waals surface area contributed by atoms with Crippen LogP contribution in [0.25, 0.3) is 0 Å². The van der Waals surface area contributed by atoms with Gasteiger partial charge in [0.1, 0.15) is 0 Å². The molecule has 3 unspecified atom stereocenters. The van der Waals surface area contributed by atoms with Crippen molar-refractivity contribution in [3.8, 4) is 0 Å². The van der Waals surface area contributed by atoms with Crippen LogP contribution in [0.15, 0.2) is 0 Å². The molecule has 3 rings (SSSR count). The van der Waals surface area contributed by atoms with Crippen molar-refractivity contribution < 1.29 is 14.7 Å². The van der Waals surface area contributed by atoms with Crippen molar-refractivity contribution in [3.63, 3.8) is 0 Å². The van der Waals surface area contributed by atoms with Gasteiger partial charge < -0.3 is 10.0 Å². The van der Waals surface area contributed by atoms with Crippen LogP contribution in [-0.4, -0.2) is 59.0 Å². The van der Waals surface area contributed by atoms with Gasteiger partial charge in [-0.3, -0.25) is 14.5 Å². The molecular weight excluding hydrogens is 244 g/mol. The fourth-order valence-electron chi connectivity index (χ4n) is 3.98. The number of carboxylic acid groups (broad SMARTS) is 1. The van der Waals surface area contributed by atoms with Crippen molar-refractivity contribution in [3.05, 3.63) is 0 Å². The number of fused-ring (bicyclic) bond motifs is 1. The molecule has 1 aliphatic carbocycles. The first-order chi connectivity index (χ1) is 9.16. The highest BCUT2D eigenvalue weighted by Crippen LogP contribution is 2.34. The number of amides is 1. The molecular formula is C14H22N2O3. The summed E-state index contributed by atoms with van der Waals surface area (Å²) >= 11 is 0. The molecule has 2 saturated heterocycles. The van der Waals surface area contributed by atoms with E-state index in [0.717, 1.165) is 39.0 Å². The van der Waals surface area contributed by atoms with Crippen LogP contribution in [0.1, 0.15) is 32.1 Å². The minimum absolute atomic E-state index is 0.0939. The highest BCUT2D eigenvalue weighted by Gasteiger charge is 2.41. The van der Waals surface area contributed by atoms with E-state index in [1.54, 1.807) is 0 Å². The second kappa shape index (κ2) is 5.12. The Bertz CT molecular complexity index is 385. The van der Waals surface area contributed by atoms with Gasteiger partial charge in [0.25, 0.3) is 0 Å². The molecule has 0 aromatic carbocycles. The molecule has 3 atom stereocenters. The fraction of sp³-hybridized carbons (Fsp3) is 0.857. The average molecular weight is 266 g/mol. The van der Waals surface area contributed by atoms with Gasteiger partial charge in [0.2, 0.25) is 5.91 Å². The molecule has 2 aliphatic heterocycles. The van der Waals surface area contributed by atoms with Crippen molar-refractivity contribution in [2.75, 3.05) is 26.2 Å². The lowest BCUT2D eigenvalue weighted by Crippen LogP contribution is -2.53. The Morgan fingerprint density at radius 2 is 1.74 bits per heavy atom. The third-order valence-electron chi connectivity index (χ3n) is 5.05. The van der Waals surface area contributed by atoms with E-state index >= 15 is 0 Å². The first kappa shape index (κ1) is 12.9. The molecule has 1 amide bonds. The fourth-order valence-corrected chi connectivity index (χ4v) is 3.98. The molecule has 0 aromatic rings. The van der Waals surface area contributed by atoms with Crippen LogP contribution in [0.2, 0.25) is 0 Å². The smallest absolute Gasteiger partial charge is 0.307 e. The lowest BCUT2D eigenvalue weighted by molar-refractivity contribution is -0.150. The van der Waals surface area contributed by atoms with Crippen molar-refractivity contribution >= 4 is 11.9 Å². The van der Waals surface area contributed by atoms with Gasteiger partial charge in [-0.15, -0.1) is 0 Å². The van der Waals surface area contributed by atoms with E-state index in [-0.39, 0.29) is 11.8 Å². The average Bonchev–Trinajstić information content (AvgIpc) is 3.05. The van der Waals surface area contributed by atoms with Crippen LogP contribution in [-0.2, 0) is 9.59 Å². The van der Waals surface area contributed by atoms with Gasteiger partial charge in [-0.2, -0.15) is 0 Å². The van der Waals surface area contributed by atoms with E-state index < -0.39 is 11.9 Å². The van der Waals surface area contributed by atoms with Crippen molar-refractivity contribution in [2.45, 2.75) is 38.1 Å². The number of rotatable bonds is 2. The van der Waals surface area contributed by atoms with Gasteiger partial charge in [0.05, 0.1) is 11.8 Å². The van der Waals surface area contributed by atoms with E-state index in [4.69, 9.17) is 0 Å².